The Hall–Kier alpha value is -3.88. The molecule has 1 saturated heterocycles. The summed E-state index contributed by atoms with van der Waals surface area (Å²) in [5, 5.41) is 8.48. The van der Waals surface area contributed by atoms with E-state index in [1.54, 1.807) is 16.8 Å². The molecule has 4 aromatic rings. The van der Waals surface area contributed by atoms with Crippen molar-refractivity contribution in [1.29, 1.82) is 0 Å². The van der Waals surface area contributed by atoms with Crippen LogP contribution in [0, 0.1) is 5.82 Å². The maximum Gasteiger partial charge on any atom is 0.223 e. The Morgan fingerprint density at radius 2 is 1.69 bits per heavy atom. The van der Waals surface area contributed by atoms with Gasteiger partial charge in [0.15, 0.2) is 17.0 Å². The van der Waals surface area contributed by atoms with Gasteiger partial charge < -0.3 is 9.80 Å². The highest BCUT2D eigenvalue weighted by Gasteiger charge is 2.24. The van der Waals surface area contributed by atoms with Crippen LogP contribution in [0.2, 0.25) is 0 Å². The smallest absolute Gasteiger partial charge is 0.223 e. The predicted molar refractivity (Wildman–Crippen MR) is 118 cm³/mol. The van der Waals surface area contributed by atoms with Gasteiger partial charge in [0.25, 0.3) is 0 Å². The monoisotopic (exact) mass is 431 g/mol. The van der Waals surface area contributed by atoms with E-state index in [0.29, 0.717) is 55.3 Å². The standard InChI is InChI=1S/C23H22FN7O/c24-18-7-9-19(10-8-18)31-23-21(27-28-31)22(25-16-26-23)30-14-12-29(13-15-30)20(32)11-6-17-4-2-1-3-5-17/h1-5,7-10,16H,6,11-15H2. The zero-order chi connectivity index (χ0) is 21.9. The number of anilines is 1. The molecule has 1 aliphatic rings. The minimum Gasteiger partial charge on any atom is -0.351 e. The van der Waals surface area contributed by atoms with E-state index in [2.05, 4.69) is 25.2 Å². The van der Waals surface area contributed by atoms with Gasteiger partial charge in [-0.2, -0.15) is 4.68 Å². The van der Waals surface area contributed by atoms with Crippen molar-refractivity contribution in [1.82, 2.24) is 29.9 Å². The number of hydrogen-bond acceptors (Lipinski definition) is 6. The summed E-state index contributed by atoms with van der Waals surface area (Å²) in [6.45, 7) is 2.58. The average Bonchev–Trinajstić information content (AvgIpc) is 3.28. The third-order valence-electron chi connectivity index (χ3n) is 5.69. The molecule has 0 saturated carbocycles. The highest BCUT2D eigenvalue weighted by Crippen LogP contribution is 2.24. The van der Waals surface area contributed by atoms with Gasteiger partial charge in [-0.15, -0.1) is 5.10 Å². The number of aromatic nitrogens is 5. The van der Waals surface area contributed by atoms with Crippen LogP contribution in [0.25, 0.3) is 16.9 Å². The molecule has 1 aliphatic heterocycles. The molecule has 0 atom stereocenters. The molecule has 0 spiro atoms. The number of aryl methyl sites for hydroxylation is 1. The first-order chi connectivity index (χ1) is 15.7. The van der Waals surface area contributed by atoms with E-state index in [4.69, 9.17) is 0 Å². The van der Waals surface area contributed by atoms with E-state index in [1.807, 2.05) is 35.2 Å². The van der Waals surface area contributed by atoms with Crippen molar-refractivity contribution in [3.63, 3.8) is 0 Å². The minimum atomic E-state index is -0.315. The second-order valence-corrected chi connectivity index (χ2v) is 7.70. The van der Waals surface area contributed by atoms with Crippen LogP contribution in [0.1, 0.15) is 12.0 Å². The average molecular weight is 431 g/mol. The van der Waals surface area contributed by atoms with E-state index in [1.165, 1.54) is 24.0 Å². The van der Waals surface area contributed by atoms with Crippen molar-refractivity contribution in [2.45, 2.75) is 12.8 Å². The van der Waals surface area contributed by atoms with Gasteiger partial charge in [-0.3, -0.25) is 4.79 Å². The lowest BCUT2D eigenvalue weighted by atomic mass is 10.1. The summed E-state index contributed by atoms with van der Waals surface area (Å²) in [5.74, 6) is 0.549. The second-order valence-electron chi connectivity index (χ2n) is 7.70. The van der Waals surface area contributed by atoms with Crippen LogP contribution < -0.4 is 4.90 Å². The molecule has 0 radical (unpaired) electrons. The summed E-state index contributed by atoms with van der Waals surface area (Å²) in [6.07, 6.45) is 2.74. The Morgan fingerprint density at radius 1 is 0.938 bits per heavy atom. The maximum atomic E-state index is 13.3. The van der Waals surface area contributed by atoms with Gasteiger partial charge in [-0.05, 0) is 36.2 Å². The number of fused-ring (bicyclic) bond motifs is 1. The quantitative estimate of drug-likeness (QED) is 0.483. The molecule has 9 heteroatoms. The summed E-state index contributed by atoms with van der Waals surface area (Å²) in [6, 6.07) is 16.1. The van der Waals surface area contributed by atoms with Crippen molar-refractivity contribution in [3.05, 3.63) is 72.3 Å². The van der Waals surface area contributed by atoms with Crippen LogP contribution in [0.3, 0.4) is 0 Å². The van der Waals surface area contributed by atoms with E-state index < -0.39 is 0 Å². The summed E-state index contributed by atoms with van der Waals surface area (Å²) in [7, 11) is 0. The number of rotatable bonds is 5. The Balaban J connectivity index is 1.27. The topological polar surface area (TPSA) is 80.0 Å². The second kappa shape index (κ2) is 8.70. The molecular weight excluding hydrogens is 409 g/mol. The molecule has 3 heterocycles. The Morgan fingerprint density at radius 3 is 2.44 bits per heavy atom. The van der Waals surface area contributed by atoms with Crippen molar-refractivity contribution >= 4 is 22.9 Å². The summed E-state index contributed by atoms with van der Waals surface area (Å²) >= 11 is 0. The lowest BCUT2D eigenvalue weighted by molar-refractivity contribution is -0.131. The van der Waals surface area contributed by atoms with Gasteiger partial charge in [0, 0.05) is 32.6 Å². The van der Waals surface area contributed by atoms with E-state index >= 15 is 0 Å². The summed E-state index contributed by atoms with van der Waals surface area (Å²) in [4.78, 5) is 25.4. The molecule has 8 nitrogen and oxygen atoms in total. The lowest BCUT2D eigenvalue weighted by Gasteiger charge is -2.35. The molecule has 2 aromatic carbocycles. The fraction of sp³-hybridized carbons (Fsp3) is 0.261. The van der Waals surface area contributed by atoms with Crippen LogP contribution in [0.4, 0.5) is 10.2 Å². The zero-order valence-corrected chi connectivity index (χ0v) is 17.4. The van der Waals surface area contributed by atoms with E-state index in [-0.39, 0.29) is 11.7 Å². The number of piperazine rings is 1. The lowest BCUT2D eigenvalue weighted by Crippen LogP contribution is -2.49. The number of hydrogen-bond donors (Lipinski definition) is 0. The fourth-order valence-corrected chi connectivity index (χ4v) is 3.95. The normalized spacial score (nSPS) is 14.2. The number of nitrogens with zero attached hydrogens (tertiary/aromatic N) is 7. The van der Waals surface area contributed by atoms with Gasteiger partial charge in [0.1, 0.15) is 12.1 Å². The van der Waals surface area contributed by atoms with Crippen molar-refractivity contribution < 1.29 is 9.18 Å². The first-order valence-corrected chi connectivity index (χ1v) is 10.6. The minimum absolute atomic E-state index is 0.170. The highest BCUT2D eigenvalue weighted by atomic mass is 19.1. The Labute approximate surface area is 184 Å². The molecule has 0 unspecified atom stereocenters. The summed E-state index contributed by atoms with van der Waals surface area (Å²) < 4.78 is 14.8. The van der Waals surface area contributed by atoms with Crippen molar-refractivity contribution in [2.24, 2.45) is 0 Å². The number of halogens is 1. The van der Waals surface area contributed by atoms with Crippen LogP contribution in [0.5, 0.6) is 0 Å². The Kier molecular flexibility index (Phi) is 5.45. The van der Waals surface area contributed by atoms with Crippen LogP contribution >= 0.6 is 0 Å². The molecule has 0 aliphatic carbocycles. The largest absolute Gasteiger partial charge is 0.351 e. The predicted octanol–water partition coefficient (Wildman–Crippen LogP) is 2.63. The number of benzene rings is 2. The van der Waals surface area contributed by atoms with Crippen LogP contribution in [-0.4, -0.2) is 61.9 Å². The summed E-state index contributed by atoms with van der Waals surface area (Å²) in [5.41, 5.74) is 2.99. The highest BCUT2D eigenvalue weighted by molar-refractivity contribution is 5.84. The third-order valence-corrected chi connectivity index (χ3v) is 5.69. The molecule has 1 fully saturated rings. The first-order valence-electron chi connectivity index (χ1n) is 10.6. The van der Waals surface area contributed by atoms with Crippen molar-refractivity contribution in [2.75, 3.05) is 31.1 Å². The first kappa shape index (κ1) is 20.0. The molecule has 0 N–H and O–H groups in total. The van der Waals surface area contributed by atoms with Crippen molar-refractivity contribution in [3.8, 4) is 5.69 Å². The van der Waals surface area contributed by atoms with Gasteiger partial charge >= 0.3 is 0 Å². The molecule has 162 valence electrons. The molecule has 0 bridgehead atoms. The van der Waals surface area contributed by atoms with Crippen LogP contribution in [0.15, 0.2) is 60.9 Å². The third kappa shape index (κ3) is 4.01. The molecule has 1 amide bonds. The number of carbonyl (C=O) groups is 1. The molecule has 5 rings (SSSR count). The van der Waals surface area contributed by atoms with Gasteiger partial charge in [-0.1, -0.05) is 35.5 Å². The maximum absolute atomic E-state index is 13.3. The fourth-order valence-electron chi connectivity index (χ4n) is 3.95. The van der Waals surface area contributed by atoms with Crippen LogP contribution in [-0.2, 0) is 11.2 Å². The SMILES string of the molecule is O=C(CCc1ccccc1)N1CCN(c2ncnc3c2nnn3-c2ccc(F)cc2)CC1. The van der Waals surface area contributed by atoms with Gasteiger partial charge in [-0.25, -0.2) is 14.4 Å². The number of amides is 1. The number of carbonyl (C=O) groups excluding carboxylic acids is 1. The molecule has 2 aromatic heterocycles. The molecular formula is C23H22FN7O. The van der Waals surface area contributed by atoms with E-state index in [9.17, 15) is 9.18 Å². The van der Waals surface area contributed by atoms with Gasteiger partial charge in [0.2, 0.25) is 5.91 Å². The zero-order valence-electron chi connectivity index (χ0n) is 17.4. The molecule has 32 heavy (non-hydrogen) atoms. The van der Waals surface area contributed by atoms with E-state index in [0.717, 1.165) is 6.42 Å². The Bertz CT molecular complexity index is 1220. The van der Waals surface area contributed by atoms with Gasteiger partial charge in [0.05, 0.1) is 5.69 Å².